The number of fused-ring (bicyclic) bond motifs is 2. The van der Waals surface area contributed by atoms with Gasteiger partial charge in [0.2, 0.25) is 0 Å². The fourth-order valence-corrected chi connectivity index (χ4v) is 5.53. The number of carboxylic acids is 1. The van der Waals surface area contributed by atoms with Crippen molar-refractivity contribution in [1.29, 1.82) is 0 Å². The molecule has 0 aromatic heterocycles. The first-order valence-corrected chi connectivity index (χ1v) is 12.5. The van der Waals surface area contributed by atoms with Gasteiger partial charge in [-0.15, -0.1) is 0 Å². The Morgan fingerprint density at radius 2 is 1.84 bits per heavy atom. The summed E-state index contributed by atoms with van der Waals surface area (Å²) in [5.74, 6) is -0.0791. The number of ether oxygens (including phenoxy) is 4. The molecule has 0 radical (unpaired) electrons. The van der Waals surface area contributed by atoms with E-state index in [0.29, 0.717) is 42.3 Å². The first-order chi connectivity index (χ1) is 18.2. The third kappa shape index (κ3) is 4.90. The number of hydrogen-bond acceptors (Lipinski definition) is 6. The highest BCUT2D eigenvalue weighted by Gasteiger charge is 2.32. The number of rotatable bonds is 8. The van der Waals surface area contributed by atoms with Crippen LogP contribution in [0.25, 0.3) is 11.1 Å². The van der Waals surface area contributed by atoms with Crippen molar-refractivity contribution in [3.05, 3.63) is 76.1 Å². The van der Waals surface area contributed by atoms with Gasteiger partial charge < -0.3 is 24.1 Å². The third-order valence-electron chi connectivity index (χ3n) is 7.21. The fraction of sp³-hybridized carbons (Fsp3) is 0.333. The summed E-state index contributed by atoms with van der Waals surface area (Å²) < 4.78 is 37.4. The van der Waals surface area contributed by atoms with Crippen LogP contribution in [-0.2, 0) is 20.7 Å². The van der Waals surface area contributed by atoms with E-state index in [1.165, 1.54) is 13.2 Å². The van der Waals surface area contributed by atoms with Gasteiger partial charge in [0.05, 0.1) is 20.1 Å². The van der Waals surface area contributed by atoms with Crippen LogP contribution in [0.1, 0.15) is 52.7 Å². The van der Waals surface area contributed by atoms with Gasteiger partial charge in [0.1, 0.15) is 29.2 Å². The number of aliphatic carboxylic acids is 1. The average Bonchev–Trinajstić information content (AvgIpc) is 3.48. The lowest BCUT2D eigenvalue weighted by Crippen LogP contribution is -2.12. The number of methoxy groups -OCH3 is 1. The van der Waals surface area contributed by atoms with E-state index in [1.54, 1.807) is 12.1 Å². The van der Waals surface area contributed by atoms with Crippen molar-refractivity contribution in [2.75, 3.05) is 20.3 Å². The van der Waals surface area contributed by atoms with E-state index in [1.807, 2.05) is 38.1 Å². The van der Waals surface area contributed by atoms with Crippen molar-refractivity contribution in [3.8, 4) is 28.4 Å². The second kappa shape index (κ2) is 10.4. The van der Waals surface area contributed by atoms with Crippen molar-refractivity contribution in [1.82, 2.24) is 0 Å². The van der Waals surface area contributed by atoms with Gasteiger partial charge >= 0.3 is 11.9 Å². The monoisotopic (exact) mass is 520 g/mol. The zero-order chi connectivity index (χ0) is 27.0. The van der Waals surface area contributed by atoms with Gasteiger partial charge in [-0.05, 0) is 78.8 Å². The molecule has 0 saturated heterocycles. The number of carbonyl (C=O) groups excluding carboxylic acids is 1. The van der Waals surface area contributed by atoms with Crippen LogP contribution >= 0.6 is 0 Å². The first-order valence-electron chi connectivity index (χ1n) is 12.5. The number of carbonyl (C=O) groups is 2. The topological polar surface area (TPSA) is 91.3 Å². The Kier molecular flexibility index (Phi) is 6.97. The summed E-state index contributed by atoms with van der Waals surface area (Å²) in [5.41, 5.74) is 6.19. The smallest absolute Gasteiger partial charge is 0.343 e. The van der Waals surface area contributed by atoms with Crippen LogP contribution in [0.2, 0.25) is 0 Å². The Morgan fingerprint density at radius 1 is 1.08 bits per heavy atom. The SMILES string of the molecule is COC(=O)COc1cc(C)c(-c2ccc(F)c3c2CC[C@H]3Oc2ccc3c(c2)OC[C@H]3CC(=O)O)c(C)c1. The number of hydrogen-bond donors (Lipinski definition) is 1. The fourth-order valence-electron chi connectivity index (χ4n) is 5.53. The molecule has 8 heteroatoms. The maximum absolute atomic E-state index is 15.2. The summed E-state index contributed by atoms with van der Waals surface area (Å²) in [4.78, 5) is 22.6. The molecular formula is C30H29FO7. The summed E-state index contributed by atoms with van der Waals surface area (Å²) in [6.07, 6.45) is 0.840. The maximum Gasteiger partial charge on any atom is 0.343 e. The number of halogens is 1. The van der Waals surface area contributed by atoms with E-state index < -0.39 is 18.0 Å². The summed E-state index contributed by atoms with van der Waals surface area (Å²) in [6, 6.07) is 12.4. The molecule has 0 spiro atoms. The van der Waals surface area contributed by atoms with Gasteiger partial charge in [0.25, 0.3) is 0 Å². The van der Waals surface area contributed by atoms with Crippen LogP contribution in [0.3, 0.4) is 0 Å². The summed E-state index contributed by atoms with van der Waals surface area (Å²) in [5, 5.41) is 9.13. The Labute approximate surface area is 220 Å². The first kappa shape index (κ1) is 25.6. The molecule has 2 aliphatic rings. The van der Waals surface area contributed by atoms with Gasteiger partial charge in [-0.25, -0.2) is 9.18 Å². The highest BCUT2D eigenvalue weighted by Crippen LogP contribution is 2.45. The molecule has 7 nitrogen and oxygen atoms in total. The minimum absolute atomic E-state index is 0.00834. The summed E-state index contributed by atoms with van der Waals surface area (Å²) >= 11 is 0. The lowest BCUT2D eigenvalue weighted by molar-refractivity contribution is -0.143. The van der Waals surface area contributed by atoms with Crippen LogP contribution < -0.4 is 14.2 Å². The van der Waals surface area contributed by atoms with Crippen molar-refractivity contribution < 1.29 is 38.0 Å². The molecule has 0 bridgehead atoms. The molecule has 0 amide bonds. The van der Waals surface area contributed by atoms with E-state index in [9.17, 15) is 9.59 Å². The predicted molar refractivity (Wildman–Crippen MR) is 137 cm³/mol. The standard InChI is InChI=1S/C30H29FO7/c1-16-10-20(36-15-28(34)35-3)11-17(2)29(16)22-6-8-24(31)30-23(22)7-9-25(30)38-19-4-5-21-18(12-27(32)33)14-37-26(21)13-19/h4-6,8,10-11,13,18,25H,7,9,12,14-15H2,1-3H3,(H,32,33)/t18-,25-/m1/s1. The molecule has 1 heterocycles. The van der Waals surface area contributed by atoms with Crippen LogP contribution in [0.5, 0.6) is 17.2 Å². The van der Waals surface area contributed by atoms with Crippen molar-refractivity contribution >= 4 is 11.9 Å². The van der Waals surface area contributed by atoms with Crippen molar-refractivity contribution in [3.63, 3.8) is 0 Å². The van der Waals surface area contributed by atoms with Crippen molar-refractivity contribution in [2.45, 2.75) is 45.1 Å². The van der Waals surface area contributed by atoms with Crippen LogP contribution in [-0.4, -0.2) is 37.4 Å². The van der Waals surface area contributed by atoms with Crippen LogP contribution in [0, 0.1) is 19.7 Å². The third-order valence-corrected chi connectivity index (χ3v) is 7.21. The molecular weight excluding hydrogens is 491 g/mol. The number of esters is 1. The zero-order valence-corrected chi connectivity index (χ0v) is 21.5. The van der Waals surface area contributed by atoms with Gasteiger partial charge in [-0.2, -0.15) is 0 Å². The molecule has 1 aliphatic heterocycles. The molecule has 38 heavy (non-hydrogen) atoms. The zero-order valence-electron chi connectivity index (χ0n) is 21.5. The molecule has 3 aromatic carbocycles. The second-order valence-corrected chi connectivity index (χ2v) is 9.73. The van der Waals surface area contributed by atoms with Gasteiger partial charge in [0, 0.05) is 23.1 Å². The van der Waals surface area contributed by atoms with Crippen LogP contribution in [0.4, 0.5) is 4.39 Å². The summed E-state index contributed by atoms with van der Waals surface area (Å²) in [6.45, 7) is 4.08. The molecule has 0 saturated carbocycles. The minimum atomic E-state index is -0.866. The lowest BCUT2D eigenvalue weighted by atomic mass is 9.90. The van der Waals surface area contributed by atoms with Gasteiger partial charge in [-0.1, -0.05) is 12.1 Å². The Hall–Kier alpha value is -4.07. The van der Waals surface area contributed by atoms with Gasteiger partial charge in [-0.3, -0.25) is 4.79 Å². The van der Waals surface area contributed by atoms with E-state index in [-0.39, 0.29) is 24.8 Å². The van der Waals surface area contributed by atoms with E-state index in [0.717, 1.165) is 33.4 Å². The molecule has 198 valence electrons. The predicted octanol–water partition coefficient (Wildman–Crippen LogP) is 5.68. The second-order valence-electron chi connectivity index (χ2n) is 9.73. The number of carboxylic acid groups (broad SMARTS) is 1. The number of aryl methyl sites for hydroxylation is 2. The quantitative estimate of drug-likeness (QED) is 0.382. The normalized spacial score (nSPS) is 17.4. The molecule has 5 rings (SSSR count). The van der Waals surface area contributed by atoms with Crippen LogP contribution in [0.15, 0.2) is 42.5 Å². The van der Waals surface area contributed by atoms with E-state index >= 15 is 4.39 Å². The highest BCUT2D eigenvalue weighted by atomic mass is 19.1. The van der Waals surface area contributed by atoms with Crippen molar-refractivity contribution in [2.24, 2.45) is 0 Å². The summed E-state index contributed by atoms with van der Waals surface area (Å²) in [7, 11) is 1.31. The van der Waals surface area contributed by atoms with E-state index in [4.69, 9.17) is 19.3 Å². The maximum atomic E-state index is 15.2. The van der Waals surface area contributed by atoms with Gasteiger partial charge in [0.15, 0.2) is 6.61 Å². The Balaban J connectivity index is 1.41. The average molecular weight is 521 g/mol. The minimum Gasteiger partial charge on any atom is -0.492 e. The largest absolute Gasteiger partial charge is 0.492 e. The molecule has 0 unspecified atom stereocenters. The Morgan fingerprint density at radius 3 is 2.55 bits per heavy atom. The lowest BCUT2D eigenvalue weighted by Gasteiger charge is -2.19. The molecule has 1 N–H and O–H groups in total. The molecule has 1 aliphatic carbocycles. The van der Waals surface area contributed by atoms with E-state index in [2.05, 4.69) is 4.74 Å². The number of benzene rings is 3. The molecule has 2 atom stereocenters. The Bertz CT molecular complexity index is 1390. The highest BCUT2D eigenvalue weighted by molar-refractivity contribution is 5.77. The molecule has 3 aromatic rings. The molecule has 0 fully saturated rings.